The van der Waals surface area contributed by atoms with E-state index < -0.39 is 6.10 Å². The van der Waals surface area contributed by atoms with Crippen molar-refractivity contribution in [1.82, 2.24) is 0 Å². The number of aryl methyl sites for hydroxylation is 1. The molecule has 1 heterocycles. The first-order valence-electron chi connectivity index (χ1n) is 5.72. The largest absolute Gasteiger partial charge is 0.388 e. The number of anilines is 1. The molecule has 1 atom stereocenters. The maximum absolute atomic E-state index is 11.5. The standard InChI is InChI=1S/C13H17NO2/c1-3-10-4-5-12-11(8-10)13(16)6-7-14(12)9(2)15/h4-5,8,13,16H,3,6-7H2,1-2H3/t13-/m0/s1. The number of amides is 1. The average Bonchev–Trinajstić information content (AvgIpc) is 2.29. The highest BCUT2D eigenvalue weighted by Gasteiger charge is 2.25. The van der Waals surface area contributed by atoms with Crippen molar-refractivity contribution in [3.05, 3.63) is 29.3 Å². The van der Waals surface area contributed by atoms with Gasteiger partial charge in [-0.3, -0.25) is 4.79 Å². The van der Waals surface area contributed by atoms with Crippen molar-refractivity contribution in [2.75, 3.05) is 11.4 Å². The van der Waals surface area contributed by atoms with E-state index in [0.29, 0.717) is 13.0 Å². The third-order valence-corrected chi connectivity index (χ3v) is 3.16. The van der Waals surface area contributed by atoms with Gasteiger partial charge in [0.05, 0.1) is 6.10 Å². The normalized spacial score (nSPS) is 19.4. The first-order chi connectivity index (χ1) is 7.63. The minimum atomic E-state index is -0.433. The van der Waals surface area contributed by atoms with Crippen molar-refractivity contribution in [3.63, 3.8) is 0 Å². The summed E-state index contributed by atoms with van der Waals surface area (Å²) in [7, 11) is 0. The maximum atomic E-state index is 11.5. The Morgan fingerprint density at radius 2 is 2.31 bits per heavy atom. The second kappa shape index (κ2) is 4.26. The van der Waals surface area contributed by atoms with Gasteiger partial charge in [0.1, 0.15) is 0 Å². The van der Waals surface area contributed by atoms with Gasteiger partial charge in [0.25, 0.3) is 0 Å². The highest BCUT2D eigenvalue weighted by Crippen LogP contribution is 2.34. The zero-order valence-corrected chi connectivity index (χ0v) is 9.73. The van der Waals surface area contributed by atoms with Crippen LogP contribution in [0.25, 0.3) is 0 Å². The summed E-state index contributed by atoms with van der Waals surface area (Å²) in [6.45, 7) is 4.25. The van der Waals surface area contributed by atoms with Crippen LogP contribution in [0.2, 0.25) is 0 Å². The van der Waals surface area contributed by atoms with Crippen LogP contribution in [0.3, 0.4) is 0 Å². The predicted molar refractivity (Wildman–Crippen MR) is 63.4 cm³/mol. The predicted octanol–water partition coefficient (Wildman–Crippen LogP) is 2.04. The third-order valence-electron chi connectivity index (χ3n) is 3.16. The summed E-state index contributed by atoms with van der Waals surface area (Å²) in [6, 6.07) is 5.97. The number of benzene rings is 1. The van der Waals surface area contributed by atoms with Crippen LogP contribution in [0, 0.1) is 0 Å². The van der Waals surface area contributed by atoms with Gasteiger partial charge in [0.15, 0.2) is 0 Å². The van der Waals surface area contributed by atoms with E-state index in [-0.39, 0.29) is 5.91 Å². The monoisotopic (exact) mass is 219 g/mol. The van der Waals surface area contributed by atoms with Crippen molar-refractivity contribution >= 4 is 11.6 Å². The van der Waals surface area contributed by atoms with Crippen LogP contribution in [0.15, 0.2) is 18.2 Å². The average molecular weight is 219 g/mol. The van der Waals surface area contributed by atoms with Gasteiger partial charge in [-0.05, 0) is 24.5 Å². The first-order valence-corrected chi connectivity index (χ1v) is 5.72. The Kier molecular flexibility index (Phi) is 2.97. The fraction of sp³-hybridized carbons (Fsp3) is 0.462. The van der Waals surface area contributed by atoms with Crippen LogP contribution >= 0.6 is 0 Å². The Labute approximate surface area is 95.7 Å². The second-order valence-corrected chi connectivity index (χ2v) is 4.22. The van der Waals surface area contributed by atoms with Crippen molar-refractivity contribution in [2.45, 2.75) is 32.8 Å². The van der Waals surface area contributed by atoms with E-state index in [4.69, 9.17) is 0 Å². The van der Waals surface area contributed by atoms with Gasteiger partial charge in [-0.2, -0.15) is 0 Å². The van der Waals surface area contributed by atoms with Gasteiger partial charge in [-0.25, -0.2) is 0 Å². The molecule has 3 heteroatoms. The molecule has 0 bridgehead atoms. The molecule has 2 rings (SSSR count). The van der Waals surface area contributed by atoms with Gasteiger partial charge < -0.3 is 10.0 Å². The van der Waals surface area contributed by atoms with E-state index >= 15 is 0 Å². The number of hydrogen-bond acceptors (Lipinski definition) is 2. The summed E-state index contributed by atoms with van der Waals surface area (Å²) in [5, 5.41) is 9.94. The van der Waals surface area contributed by atoms with E-state index in [0.717, 1.165) is 17.7 Å². The summed E-state index contributed by atoms with van der Waals surface area (Å²) in [6.07, 6.45) is 1.14. The van der Waals surface area contributed by atoms with Gasteiger partial charge in [-0.15, -0.1) is 0 Å². The van der Waals surface area contributed by atoms with Crippen LogP contribution in [-0.4, -0.2) is 17.6 Å². The third kappa shape index (κ3) is 1.83. The van der Waals surface area contributed by atoms with E-state index in [2.05, 4.69) is 6.92 Å². The minimum Gasteiger partial charge on any atom is -0.388 e. The topological polar surface area (TPSA) is 40.5 Å². The number of carbonyl (C=O) groups is 1. The molecule has 16 heavy (non-hydrogen) atoms. The van der Waals surface area contributed by atoms with Crippen LogP contribution in [0.4, 0.5) is 5.69 Å². The Bertz CT molecular complexity index is 414. The highest BCUT2D eigenvalue weighted by molar-refractivity contribution is 5.93. The Morgan fingerprint density at radius 1 is 1.56 bits per heavy atom. The van der Waals surface area contributed by atoms with Gasteiger partial charge in [0, 0.05) is 24.7 Å². The minimum absolute atomic E-state index is 0.0393. The van der Waals surface area contributed by atoms with E-state index in [1.54, 1.807) is 11.8 Å². The lowest BCUT2D eigenvalue weighted by atomic mass is 9.96. The lowest BCUT2D eigenvalue weighted by Crippen LogP contribution is -2.35. The molecule has 1 amide bonds. The zero-order chi connectivity index (χ0) is 11.7. The number of fused-ring (bicyclic) bond motifs is 1. The maximum Gasteiger partial charge on any atom is 0.223 e. The molecule has 3 nitrogen and oxygen atoms in total. The Morgan fingerprint density at radius 3 is 2.94 bits per heavy atom. The molecule has 1 aromatic rings. The van der Waals surface area contributed by atoms with Crippen molar-refractivity contribution < 1.29 is 9.90 Å². The molecule has 86 valence electrons. The first kappa shape index (κ1) is 11.1. The molecular weight excluding hydrogens is 202 g/mol. The Hall–Kier alpha value is -1.35. The fourth-order valence-electron chi connectivity index (χ4n) is 2.19. The van der Waals surface area contributed by atoms with Gasteiger partial charge in [0.2, 0.25) is 5.91 Å². The van der Waals surface area contributed by atoms with Crippen LogP contribution in [0.5, 0.6) is 0 Å². The molecule has 0 radical (unpaired) electrons. The van der Waals surface area contributed by atoms with Gasteiger partial charge in [-0.1, -0.05) is 19.1 Å². The van der Waals surface area contributed by atoms with E-state index in [9.17, 15) is 9.90 Å². The summed E-state index contributed by atoms with van der Waals surface area (Å²) in [5.74, 6) is 0.0393. The number of rotatable bonds is 1. The summed E-state index contributed by atoms with van der Waals surface area (Å²) < 4.78 is 0. The molecule has 1 aliphatic heterocycles. The zero-order valence-electron chi connectivity index (χ0n) is 9.73. The van der Waals surface area contributed by atoms with Crippen molar-refractivity contribution in [2.24, 2.45) is 0 Å². The van der Waals surface area contributed by atoms with Crippen LogP contribution in [0.1, 0.15) is 37.5 Å². The smallest absolute Gasteiger partial charge is 0.223 e. The number of carbonyl (C=O) groups excluding carboxylic acids is 1. The number of hydrogen-bond donors (Lipinski definition) is 1. The molecule has 1 aromatic carbocycles. The van der Waals surface area contributed by atoms with E-state index in [1.807, 2.05) is 18.2 Å². The molecular formula is C13H17NO2. The quantitative estimate of drug-likeness (QED) is 0.785. The second-order valence-electron chi connectivity index (χ2n) is 4.22. The van der Waals surface area contributed by atoms with Crippen LogP contribution < -0.4 is 4.90 Å². The molecule has 0 aromatic heterocycles. The number of aliphatic hydroxyl groups excluding tert-OH is 1. The van der Waals surface area contributed by atoms with Crippen molar-refractivity contribution in [3.8, 4) is 0 Å². The highest BCUT2D eigenvalue weighted by atomic mass is 16.3. The molecule has 0 fully saturated rings. The summed E-state index contributed by atoms with van der Waals surface area (Å²) in [5.41, 5.74) is 2.95. The Balaban J connectivity index is 2.47. The molecule has 0 aliphatic carbocycles. The molecule has 1 N–H and O–H groups in total. The summed E-state index contributed by atoms with van der Waals surface area (Å²) >= 11 is 0. The number of nitrogens with zero attached hydrogens (tertiary/aromatic N) is 1. The molecule has 0 saturated carbocycles. The van der Waals surface area contributed by atoms with Crippen molar-refractivity contribution in [1.29, 1.82) is 0 Å². The molecule has 0 unspecified atom stereocenters. The van der Waals surface area contributed by atoms with Crippen LogP contribution in [-0.2, 0) is 11.2 Å². The lowest BCUT2D eigenvalue weighted by Gasteiger charge is -2.31. The lowest BCUT2D eigenvalue weighted by molar-refractivity contribution is -0.116. The molecule has 0 spiro atoms. The molecule has 0 saturated heterocycles. The SMILES string of the molecule is CCc1ccc2c(c1)[C@@H](O)CCN2C(C)=O. The van der Waals surface area contributed by atoms with E-state index in [1.165, 1.54) is 5.56 Å². The summed E-state index contributed by atoms with van der Waals surface area (Å²) in [4.78, 5) is 13.2. The molecule has 1 aliphatic rings. The van der Waals surface area contributed by atoms with Gasteiger partial charge >= 0.3 is 0 Å². The number of aliphatic hydroxyl groups is 1. The fourth-order valence-corrected chi connectivity index (χ4v) is 2.19.